The van der Waals surface area contributed by atoms with Gasteiger partial charge in [-0.3, -0.25) is 4.79 Å². The monoisotopic (exact) mass is 299 g/mol. The fraction of sp³-hybridized carbons (Fsp3) is 0.412. The van der Waals surface area contributed by atoms with E-state index in [4.69, 9.17) is 4.74 Å². The number of amides is 1. The number of para-hydroxylation sites is 1. The fourth-order valence-electron chi connectivity index (χ4n) is 2.28. The van der Waals surface area contributed by atoms with Crippen LogP contribution in [0.1, 0.15) is 30.1 Å². The molecule has 1 atom stereocenters. The quantitative estimate of drug-likeness (QED) is 0.860. The van der Waals surface area contributed by atoms with Gasteiger partial charge in [0, 0.05) is 25.1 Å². The summed E-state index contributed by atoms with van der Waals surface area (Å²) in [7, 11) is 1.68. The smallest absolute Gasteiger partial charge is 0.252 e. The molecular weight excluding hydrogens is 278 g/mol. The van der Waals surface area contributed by atoms with Gasteiger partial charge in [-0.2, -0.15) is 0 Å². The Morgan fingerprint density at radius 2 is 2.18 bits per heavy atom. The van der Waals surface area contributed by atoms with E-state index in [1.165, 1.54) is 0 Å². The second kappa shape index (κ2) is 6.32. The molecule has 0 radical (unpaired) electrons. The number of hydrogen-bond acceptors (Lipinski definition) is 4. The van der Waals surface area contributed by atoms with E-state index in [9.17, 15) is 4.79 Å². The van der Waals surface area contributed by atoms with Crippen LogP contribution in [0.2, 0.25) is 0 Å². The third-order valence-electron chi connectivity index (χ3n) is 3.85. The zero-order chi connectivity index (χ0) is 15.5. The predicted octanol–water partition coefficient (Wildman–Crippen LogP) is 2.57. The first-order chi connectivity index (χ1) is 10.7. The average molecular weight is 299 g/mol. The number of rotatable bonds is 6. The maximum atomic E-state index is 12.5. The van der Waals surface area contributed by atoms with Gasteiger partial charge in [-0.15, -0.1) is 0 Å². The summed E-state index contributed by atoms with van der Waals surface area (Å²) in [5.74, 6) is 0.674. The normalized spacial score (nSPS) is 15.5. The van der Waals surface area contributed by atoms with Crippen LogP contribution in [0.4, 0.5) is 5.82 Å². The molecule has 1 heterocycles. The Kier molecular flexibility index (Phi) is 4.24. The molecule has 5 nitrogen and oxygen atoms in total. The lowest BCUT2D eigenvalue weighted by atomic mass is 10.1. The molecule has 1 fully saturated rings. The summed E-state index contributed by atoms with van der Waals surface area (Å²) < 4.78 is 5.23. The number of hydrogen-bond donors (Lipinski definition) is 2. The van der Waals surface area contributed by atoms with Crippen molar-refractivity contribution < 1.29 is 9.53 Å². The van der Waals surface area contributed by atoms with E-state index in [1.807, 2.05) is 37.3 Å². The second-order valence-corrected chi connectivity index (χ2v) is 5.75. The number of methoxy groups -OCH3 is 1. The summed E-state index contributed by atoms with van der Waals surface area (Å²) in [6.07, 6.45) is 2.23. The number of pyridine rings is 1. The topological polar surface area (TPSA) is 63.2 Å². The number of anilines is 1. The molecule has 1 saturated carbocycles. The Hall–Kier alpha value is -2.14. The van der Waals surface area contributed by atoms with Crippen molar-refractivity contribution >= 4 is 22.6 Å². The van der Waals surface area contributed by atoms with Gasteiger partial charge in [0.25, 0.3) is 5.91 Å². The Morgan fingerprint density at radius 3 is 2.91 bits per heavy atom. The zero-order valence-electron chi connectivity index (χ0n) is 12.9. The minimum atomic E-state index is -0.0241. The Labute approximate surface area is 130 Å². The van der Waals surface area contributed by atoms with E-state index in [1.54, 1.807) is 7.11 Å². The lowest BCUT2D eigenvalue weighted by Crippen LogP contribution is -2.26. The van der Waals surface area contributed by atoms with Gasteiger partial charge < -0.3 is 15.4 Å². The van der Waals surface area contributed by atoms with Gasteiger partial charge in [-0.1, -0.05) is 18.2 Å². The number of carbonyl (C=O) groups excluding carboxylic acids is 1. The first kappa shape index (κ1) is 14.8. The third-order valence-corrected chi connectivity index (χ3v) is 3.85. The Bertz CT molecular complexity index is 683. The van der Waals surface area contributed by atoms with E-state index in [0.717, 1.165) is 23.7 Å². The highest BCUT2D eigenvalue weighted by atomic mass is 16.5. The number of fused-ring (bicyclic) bond motifs is 1. The molecule has 0 saturated heterocycles. The van der Waals surface area contributed by atoms with Gasteiger partial charge in [-0.05, 0) is 31.9 Å². The Morgan fingerprint density at radius 1 is 1.41 bits per heavy atom. The molecule has 2 N–H and O–H groups in total. The van der Waals surface area contributed by atoms with Crippen LogP contribution in [-0.4, -0.2) is 36.7 Å². The third kappa shape index (κ3) is 3.36. The summed E-state index contributed by atoms with van der Waals surface area (Å²) in [4.78, 5) is 17.0. The van der Waals surface area contributed by atoms with E-state index < -0.39 is 0 Å². The van der Waals surface area contributed by atoms with Crippen molar-refractivity contribution in [3.8, 4) is 0 Å². The van der Waals surface area contributed by atoms with Gasteiger partial charge in [0.1, 0.15) is 5.82 Å². The molecule has 5 heteroatoms. The average Bonchev–Trinajstić information content (AvgIpc) is 3.35. The maximum absolute atomic E-state index is 12.5. The number of aromatic nitrogens is 1. The van der Waals surface area contributed by atoms with Crippen LogP contribution in [0, 0.1) is 0 Å². The van der Waals surface area contributed by atoms with E-state index in [0.29, 0.717) is 24.0 Å². The van der Waals surface area contributed by atoms with Crippen molar-refractivity contribution in [3.63, 3.8) is 0 Å². The van der Waals surface area contributed by atoms with Crippen molar-refractivity contribution in [3.05, 3.63) is 35.9 Å². The van der Waals surface area contributed by atoms with Crippen molar-refractivity contribution in [1.82, 2.24) is 10.3 Å². The SMILES string of the molecule is COC(C)CNc1cc(C(=O)NC2CC2)c2ccccc2n1. The first-order valence-corrected chi connectivity index (χ1v) is 7.64. The molecule has 1 aliphatic carbocycles. The lowest BCUT2D eigenvalue weighted by Gasteiger charge is -2.14. The van der Waals surface area contributed by atoms with Gasteiger partial charge in [0.15, 0.2) is 0 Å². The maximum Gasteiger partial charge on any atom is 0.252 e. The lowest BCUT2D eigenvalue weighted by molar-refractivity contribution is 0.0952. The number of nitrogens with one attached hydrogen (secondary N) is 2. The first-order valence-electron chi connectivity index (χ1n) is 7.64. The molecule has 3 rings (SSSR count). The molecule has 22 heavy (non-hydrogen) atoms. The van der Waals surface area contributed by atoms with Crippen LogP contribution >= 0.6 is 0 Å². The summed E-state index contributed by atoms with van der Waals surface area (Å²) >= 11 is 0. The van der Waals surface area contributed by atoms with Crippen molar-refractivity contribution in [1.29, 1.82) is 0 Å². The van der Waals surface area contributed by atoms with Crippen LogP contribution in [0.15, 0.2) is 30.3 Å². The minimum Gasteiger partial charge on any atom is -0.380 e. The summed E-state index contributed by atoms with van der Waals surface area (Å²) in [5.41, 5.74) is 1.49. The number of benzene rings is 1. The molecule has 0 aliphatic heterocycles. The van der Waals surface area contributed by atoms with Crippen molar-refractivity contribution in [2.75, 3.05) is 19.0 Å². The standard InChI is InChI=1S/C17H21N3O2/c1-11(22-2)10-18-16-9-14(17(21)19-12-7-8-12)13-5-3-4-6-15(13)20-16/h3-6,9,11-12H,7-8,10H2,1-2H3,(H,18,20)(H,19,21). The summed E-state index contributed by atoms with van der Waals surface area (Å²) in [6, 6.07) is 9.88. The van der Waals surface area contributed by atoms with Crippen LogP contribution in [0.3, 0.4) is 0 Å². The minimum absolute atomic E-state index is 0.0241. The molecule has 1 amide bonds. The van der Waals surface area contributed by atoms with Crippen LogP contribution < -0.4 is 10.6 Å². The molecule has 1 aromatic carbocycles. The highest BCUT2D eigenvalue weighted by molar-refractivity contribution is 6.07. The van der Waals surface area contributed by atoms with Crippen LogP contribution in [0.25, 0.3) is 10.9 Å². The van der Waals surface area contributed by atoms with Crippen molar-refractivity contribution in [2.45, 2.75) is 31.9 Å². The molecule has 1 aromatic heterocycles. The molecule has 1 unspecified atom stereocenters. The van der Waals surface area contributed by atoms with Gasteiger partial charge in [0.05, 0.1) is 17.2 Å². The molecule has 1 aliphatic rings. The zero-order valence-corrected chi connectivity index (χ0v) is 12.9. The van der Waals surface area contributed by atoms with Crippen LogP contribution in [0.5, 0.6) is 0 Å². The van der Waals surface area contributed by atoms with Gasteiger partial charge in [0.2, 0.25) is 0 Å². The predicted molar refractivity (Wildman–Crippen MR) is 87.2 cm³/mol. The molecular formula is C17H21N3O2. The van der Waals surface area contributed by atoms with E-state index in [2.05, 4.69) is 15.6 Å². The second-order valence-electron chi connectivity index (χ2n) is 5.75. The highest BCUT2D eigenvalue weighted by Gasteiger charge is 2.25. The highest BCUT2D eigenvalue weighted by Crippen LogP contribution is 2.24. The number of carbonyl (C=O) groups is 1. The van der Waals surface area contributed by atoms with Crippen molar-refractivity contribution in [2.24, 2.45) is 0 Å². The Balaban J connectivity index is 1.91. The fourth-order valence-corrected chi connectivity index (χ4v) is 2.28. The van der Waals surface area contributed by atoms with Gasteiger partial charge >= 0.3 is 0 Å². The molecule has 2 aromatic rings. The summed E-state index contributed by atoms with van der Waals surface area (Å²) in [5, 5.41) is 7.16. The number of nitrogens with zero attached hydrogens (tertiary/aromatic N) is 1. The van der Waals surface area contributed by atoms with E-state index >= 15 is 0 Å². The molecule has 0 spiro atoms. The van der Waals surface area contributed by atoms with Crippen LogP contribution in [-0.2, 0) is 4.74 Å². The number of ether oxygens (including phenoxy) is 1. The van der Waals surface area contributed by atoms with E-state index in [-0.39, 0.29) is 12.0 Å². The molecule has 116 valence electrons. The molecule has 0 bridgehead atoms. The largest absolute Gasteiger partial charge is 0.380 e. The summed E-state index contributed by atoms with van der Waals surface area (Å²) in [6.45, 7) is 2.63. The van der Waals surface area contributed by atoms with Gasteiger partial charge in [-0.25, -0.2) is 4.98 Å².